The molecule has 4 nitrogen and oxygen atoms in total. The number of hydrogen-bond donors (Lipinski definition) is 3. The van der Waals surface area contributed by atoms with Crippen molar-refractivity contribution in [2.75, 3.05) is 19.8 Å². The summed E-state index contributed by atoms with van der Waals surface area (Å²) in [6.07, 6.45) is 0.0846. The summed E-state index contributed by atoms with van der Waals surface area (Å²) in [7, 11) is 0. The molecule has 0 aliphatic rings. The normalized spacial score (nSPS) is 14.2. The molecule has 0 radical (unpaired) electrons. The third-order valence-corrected chi connectivity index (χ3v) is 3.26. The van der Waals surface area contributed by atoms with Gasteiger partial charge in [0.1, 0.15) is 18.5 Å². The minimum absolute atomic E-state index is 0.144. The van der Waals surface area contributed by atoms with Gasteiger partial charge in [0, 0.05) is 24.2 Å². The van der Waals surface area contributed by atoms with Crippen LogP contribution >= 0.6 is 11.6 Å². The average molecular weight is 288 g/mol. The zero-order chi connectivity index (χ0) is 14.3. The van der Waals surface area contributed by atoms with Crippen LogP contribution in [0, 0.1) is 6.92 Å². The maximum atomic E-state index is 9.78. The highest BCUT2D eigenvalue weighted by molar-refractivity contribution is 6.31. The van der Waals surface area contributed by atoms with Crippen LogP contribution in [0.2, 0.25) is 5.02 Å². The Kier molecular flexibility index (Phi) is 7.16. The summed E-state index contributed by atoms with van der Waals surface area (Å²) in [4.78, 5) is 0. The minimum atomic E-state index is -0.586. The summed E-state index contributed by atoms with van der Waals surface area (Å²) < 4.78 is 5.50. The summed E-state index contributed by atoms with van der Waals surface area (Å²) in [5.41, 5.74) is 0.948. The molecule has 0 aromatic heterocycles. The van der Waals surface area contributed by atoms with Gasteiger partial charge in [-0.25, -0.2) is 0 Å². The van der Waals surface area contributed by atoms with Gasteiger partial charge in [0.05, 0.1) is 0 Å². The van der Waals surface area contributed by atoms with Gasteiger partial charge in [-0.1, -0.05) is 11.6 Å². The molecule has 0 saturated carbocycles. The van der Waals surface area contributed by atoms with Gasteiger partial charge in [-0.3, -0.25) is 0 Å². The van der Waals surface area contributed by atoms with Crippen LogP contribution in [0.15, 0.2) is 18.2 Å². The lowest BCUT2D eigenvalue weighted by Gasteiger charge is -2.17. The first kappa shape index (κ1) is 16.2. The molecule has 3 N–H and O–H groups in total. The Morgan fingerprint density at radius 3 is 2.79 bits per heavy atom. The summed E-state index contributed by atoms with van der Waals surface area (Å²) in [6, 6.07) is 5.58. The van der Waals surface area contributed by atoms with E-state index in [1.807, 2.05) is 19.9 Å². The predicted molar refractivity (Wildman–Crippen MR) is 76.9 cm³/mol. The minimum Gasteiger partial charge on any atom is -0.491 e. The van der Waals surface area contributed by atoms with Crippen molar-refractivity contribution < 1.29 is 14.9 Å². The Bertz CT molecular complexity index is 387. The molecule has 0 spiro atoms. The number of aliphatic hydroxyl groups is 2. The Labute approximate surface area is 119 Å². The second kappa shape index (κ2) is 8.38. The zero-order valence-corrected chi connectivity index (χ0v) is 12.2. The monoisotopic (exact) mass is 287 g/mol. The Balaban J connectivity index is 2.29. The number of aryl methyl sites for hydroxylation is 1. The molecule has 0 amide bonds. The molecule has 0 bridgehead atoms. The molecule has 0 heterocycles. The molecule has 1 aromatic rings. The standard InChI is InChI=1S/C14H22ClNO3/c1-10-7-13(3-4-14(10)15)19-9-12(18)8-16-11(2)5-6-17/h3-4,7,11-12,16-18H,5-6,8-9H2,1-2H3/t11-,12-/m0/s1. The molecule has 5 heteroatoms. The van der Waals surface area contributed by atoms with Crippen molar-refractivity contribution >= 4 is 11.6 Å². The van der Waals surface area contributed by atoms with Crippen LogP contribution in [-0.4, -0.2) is 42.1 Å². The lowest BCUT2D eigenvalue weighted by atomic mass is 10.2. The van der Waals surface area contributed by atoms with E-state index in [2.05, 4.69) is 5.32 Å². The van der Waals surface area contributed by atoms with E-state index < -0.39 is 6.10 Å². The van der Waals surface area contributed by atoms with Gasteiger partial charge in [0.25, 0.3) is 0 Å². The van der Waals surface area contributed by atoms with Crippen LogP contribution in [0.1, 0.15) is 18.9 Å². The fraction of sp³-hybridized carbons (Fsp3) is 0.571. The van der Waals surface area contributed by atoms with Gasteiger partial charge in [-0.15, -0.1) is 0 Å². The SMILES string of the molecule is Cc1cc(OC[C@@H](O)CN[C@@H](C)CCO)ccc1Cl. The van der Waals surface area contributed by atoms with Crippen LogP contribution in [0.3, 0.4) is 0 Å². The first-order chi connectivity index (χ1) is 9.02. The summed E-state index contributed by atoms with van der Waals surface area (Å²) in [5, 5.41) is 22.4. The molecule has 108 valence electrons. The number of nitrogens with one attached hydrogen (secondary N) is 1. The van der Waals surface area contributed by atoms with E-state index in [0.29, 0.717) is 23.7 Å². The van der Waals surface area contributed by atoms with Crippen LogP contribution in [-0.2, 0) is 0 Å². The van der Waals surface area contributed by atoms with E-state index in [1.165, 1.54) is 0 Å². The van der Waals surface area contributed by atoms with Gasteiger partial charge < -0.3 is 20.3 Å². The predicted octanol–water partition coefficient (Wildman–Crippen LogP) is 1.75. The largest absolute Gasteiger partial charge is 0.491 e. The molecule has 0 aliphatic carbocycles. The second-order valence-electron chi connectivity index (χ2n) is 4.70. The van der Waals surface area contributed by atoms with E-state index in [-0.39, 0.29) is 19.3 Å². The lowest BCUT2D eigenvalue weighted by Crippen LogP contribution is -2.37. The van der Waals surface area contributed by atoms with Crippen molar-refractivity contribution in [1.29, 1.82) is 0 Å². The molecular formula is C14H22ClNO3. The van der Waals surface area contributed by atoms with E-state index in [9.17, 15) is 5.11 Å². The van der Waals surface area contributed by atoms with Gasteiger partial charge in [0.2, 0.25) is 0 Å². The zero-order valence-electron chi connectivity index (χ0n) is 11.4. The second-order valence-corrected chi connectivity index (χ2v) is 5.10. The fourth-order valence-electron chi connectivity index (χ4n) is 1.59. The van der Waals surface area contributed by atoms with Gasteiger partial charge >= 0.3 is 0 Å². The molecule has 0 aliphatic heterocycles. The molecule has 0 fully saturated rings. The number of hydrogen-bond acceptors (Lipinski definition) is 4. The van der Waals surface area contributed by atoms with Crippen LogP contribution in [0.4, 0.5) is 0 Å². The molecule has 0 unspecified atom stereocenters. The third-order valence-electron chi connectivity index (χ3n) is 2.84. The van der Waals surface area contributed by atoms with E-state index in [0.717, 1.165) is 5.56 Å². The summed E-state index contributed by atoms with van der Waals surface area (Å²) >= 11 is 5.92. The molecular weight excluding hydrogens is 266 g/mol. The highest BCUT2D eigenvalue weighted by atomic mass is 35.5. The average Bonchev–Trinajstić information content (AvgIpc) is 2.38. The molecule has 1 aromatic carbocycles. The van der Waals surface area contributed by atoms with Crippen molar-refractivity contribution in [3.8, 4) is 5.75 Å². The van der Waals surface area contributed by atoms with Gasteiger partial charge in [0.15, 0.2) is 0 Å². The Morgan fingerprint density at radius 2 is 2.16 bits per heavy atom. The number of rotatable bonds is 8. The molecule has 1 rings (SSSR count). The third kappa shape index (κ3) is 6.25. The van der Waals surface area contributed by atoms with Crippen molar-refractivity contribution in [1.82, 2.24) is 5.32 Å². The first-order valence-electron chi connectivity index (χ1n) is 6.44. The smallest absolute Gasteiger partial charge is 0.119 e. The Morgan fingerprint density at radius 1 is 1.42 bits per heavy atom. The summed E-state index contributed by atoms with van der Waals surface area (Å²) in [5.74, 6) is 0.698. The van der Waals surface area contributed by atoms with E-state index >= 15 is 0 Å². The van der Waals surface area contributed by atoms with E-state index in [4.69, 9.17) is 21.4 Å². The Hall–Kier alpha value is -0.810. The quantitative estimate of drug-likeness (QED) is 0.682. The number of ether oxygens (including phenoxy) is 1. The highest BCUT2D eigenvalue weighted by Crippen LogP contribution is 2.21. The topological polar surface area (TPSA) is 61.7 Å². The fourth-order valence-corrected chi connectivity index (χ4v) is 1.71. The van der Waals surface area contributed by atoms with Crippen LogP contribution in [0.25, 0.3) is 0 Å². The van der Waals surface area contributed by atoms with Gasteiger partial charge in [-0.2, -0.15) is 0 Å². The number of aliphatic hydroxyl groups excluding tert-OH is 2. The van der Waals surface area contributed by atoms with Gasteiger partial charge in [-0.05, 0) is 44.0 Å². The van der Waals surface area contributed by atoms with Crippen molar-refractivity contribution in [2.45, 2.75) is 32.4 Å². The van der Waals surface area contributed by atoms with E-state index in [1.54, 1.807) is 12.1 Å². The molecule has 19 heavy (non-hydrogen) atoms. The van der Waals surface area contributed by atoms with Crippen molar-refractivity contribution in [3.63, 3.8) is 0 Å². The maximum absolute atomic E-state index is 9.78. The number of halogens is 1. The van der Waals surface area contributed by atoms with Crippen molar-refractivity contribution in [3.05, 3.63) is 28.8 Å². The summed E-state index contributed by atoms with van der Waals surface area (Å²) in [6.45, 7) is 4.68. The van der Waals surface area contributed by atoms with Crippen LogP contribution < -0.4 is 10.1 Å². The highest BCUT2D eigenvalue weighted by Gasteiger charge is 2.08. The van der Waals surface area contributed by atoms with Crippen molar-refractivity contribution in [2.24, 2.45) is 0 Å². The van der Waals surface area contributed by atoms with Crippen LogP contribution in [0.5, 0.6) is 5.75 Å². The lowest BCUT2D eigenvalue weighted by molar-refractivity contribution is 0.103. The molecule has 0 saturated heterocycles. The molecule has 2 atom stereocenters. The number of benzene rings is 1. The first-order valence-corrected chi connectivity index (χ1v) is 6.82. The maximum Gasteiger partial charge on any atom is 0.119 e.